The second-order valence-corrected chi connectivity index (χ2v) is 12.6. The number of pyridine rings is 1. The van der Waals surface area contributed by atoms with Gasteiger partial charge < -0.3 is 19.8 Å². The van der Waals surface area contributed by atoms with Gasteiger partial charge in [-0.2, -0.15) is 4.73 Å². The number of carbonyl (C=O) groups is 2. The number of rotatable bonds is 9. The first kappa shape index (κ1) is 30.8. The fraction of sp³-hybridized carbons (Fsp3) is 0.184. The van der Waals surface area contributed by atoms with Crippen molar-refractivity contribution in [3.63, 3.8) is 0 Å². The van der Waals surface area contributed by atoms with Crippen LogP contribution in [-0.4, -0.2) is 33.7 Å². The van der Waals surface area contributed by atoms with Gasteiger partial charge in [0.25, 0.3) is 16.8 Å². The Kier molecular flexibility index (Phi) is 8.86. The maximum Gasteiger partial charge on any atom is 0.261 e. The lowest BCUT2D eigenvalue weighted by Gasteiger charge is -2.36. The van der Waals surface area contributed by atoms with Crippen molar-refractivity contribution in [1.29, 1.82) is 0 Å². The fourth-order valence-corrected chi connectivity index (χ4v) is 6.97. The van der Waals surface area contributed by atoms with E-state index in [-0.39, 0.29) is 37.2 Å². The third kappa shape index (κ3) is 6.43. The highest BCUT2D eigenvalue weighted by Crippen LogP contribution is 2.40. The Labute approximate surface area is 276 Å². The zero-order valence-electron chi connectivity index (χ0n) is 25.4. The molecule has 0 spiro atoms. The summed E-state index contributed by atoms with van der Waals surface area (Å²) in [4.78, 5) is 27.4. The lowest BCUT2D eigenvalue weighted by molar-refractivity contribution is -0.645. The van der Waals surface area contributed by atoms with E-state index in [9.17, 15) is 19.9 Å². The van der Waals surface area contributed by atoms with Crippen LogP contribution >= 0.6 is 11.8 Å². The van der Waals surface area contributed by atoms with Crippen LogP contribution in [0, 0.1) is 5.21 Å². The summed E-state index contributed by atoms with van der Waals surface area (Å²) >= 11 is 1.45. The van der Waals surface area contributed by atoms with E-state index < -0.39 is 6.29 Å². The SMILES string of the molecule is O=C1c2ccccc2C(=O)N1Cc1ccccc1-c1ccc([C@@H]2O[C@H](CSc3cccc[n+]3[O-])C[C@H](c3ccc(CO)cc3)O2)cc1. The van der Waals surface area contributed by atoms with Gasteiger partial charge in [0.05, 0.1) is 36.5 Å². The average Bonchev–Trinajstić information content (AvgIpc) is 3.36. The van der Waals surface area contributed by atoms with Crippen LogP contribution in [-0.2, 0) is 22.6 Å². The number of aliphatic hydroxyl groups is 1. The molecule has 47 heavy (non-hydrogen) atoms. The highest BCUT2D eigenvalue weighted by atomic mass is 32.2. The molecule has 0 saturated carbocycles. The molecule has 0 bridgehead atoms. The highest BCUT2D eigenvalue weighted by Gasteiger charge is 2.36. The molecular formula is C38H32N2O6S. The lowest BCUT2D eigenvalue weighted by atomic mass is 9.97. The molecule has 7 rings (SSSR count). The first-order valence-electron chi connectivity index (χ1n) is 15.4. The molecule has 1 N–H and O–H groups in total. The van der Waals surface area contributed by atoms with Gasteiger partial charge in [0.15, 0.2) is 12.5 Å². The third-order valence-electron chi connectivity index (χ3n) is 8.54. The van der Waals surface area contributed by atoms with Crippen molar-refractivity contribution in [2.75, 3.05) is 5.75 Å². The van der Waals surface area contributed by atoms with Crippen molar-refractivity contribution in [2.45, 2.75) is 43.1 Å². The first-order chi connectivity index (χ1) is 23.0. The third-order valence-corrected chi connectivity index (χ3v) is 9.69. The molecule has 8 nitrogen and oxygen atoms in total. The molecule has 5 aromatic rings. The number of amides is 2. The summed E-state index contributed by atoms with van der Waals surface area (Å²) < 4.78 is 13.8. The van der Waals surface area contributed by atoms with Crippen LogP contribution in [0.5, 0.6) is 0 Å². The Balaban J connectivity index is 1.12. The van der Waals surface area contributed by atoms with Gasteiger partial charge in [0, 0.05) is 29.9 Å². The van der Waals surface area contributed by atoms with Crippen molar-refractivity contribution in [1.82, 2.24) is 4.90 Å². The monoisotopic (exact) mass is 644 g/mol. The number of benzene rings is 4. The maximum absolute atomic E-state index is 13.1. The predicted molar refractivity (Wildman–Crippen MR) is 177 cm³/mol. The van der Waals surface area contributed by atoms with Crippen molar-refractivity contribution in [2.24, 2.45) is 0 Å². The summed E-state index contributed by atoms with van der Waals surface area (Å²) in [6, 6.07) is 35.7. The summed E-state index contributed by atoms with van der Waals surface area (Å²) in [6.45, 7) is 0.136. The molecule has 9 heteroatoms. The number of thioether (sulfide) groups is 1. The number of nitrogens with zero attached hydrogens (tertiary/aromatic N) is 2. The smallest absolute Gasteiger partial charge is 0.261 e. The van der Waals surface area contributed by atoms with E-state index in [1.807, 2.05) is 78.9 Å². The van der Waals surface area contributed by atoms with Gasteiger partial charge in [-0.05, 0) is 46.0 Å². The van der Waals surface area contributed by atoms with Crippen molar-refractivity contribution >= 4 is 23.6 Å². The van der Waals surface area contributed by atoms with E-state index in [1.54, 1.807) is 36.4 Å². The van der Waals surface area contributed by atoms with E-state index in [4.69, 9.17) is 9.47 Å². The summed E-state index contributed by atoms with van der Waals surface area (Å²) in [5.74, 6) is 0.00144. The number of aliphatic hydroxyl groups excluding tert-OH is 1. The van der Waals surface area contributed by atoms with Crippen LogP contribution in [0.4, 0.5) is 0 Å². The van der Waals surface area contributed by atoms with Crippen LogP contribution in [0.1, 0.15) is 61.8 Å². The van der Waals surface area contributed by atoms with Gasteiger partial charge >= 0.3 is 0 Å². The number of carbonyl (C=O) groups excluding carboxylic acids is 2. The second kappa shape index (κ2) is 13.5. The quantitative estimate of drug-likeness (QED) is 0.0834. The van der Waals surface area contributed by atoms with Gasteiger partial charge in [-0.1, -0.05) is 96.7 Å². The minimum atomic E-state index is -0.644. The Hall–Kier alpha value is -4.80. The molecule has 0 aliphatic carbocycles. The Morgan fingerprint density at radius 2 is 1.40 bits per heavy atom. The normalized spacial score (nSPS) is 19.2. The van der Waals surface area contributed by atoms with Crippen LogP contribution in [0.15, 0.2) is 126 Å². The molecule has 3 atom stereocenters. The maximum atomic E-state index is 13.1. The van der Waals surface area contributed by atoms with Crippen LogP contribution < -0.4 is 4.73 Å². The number of imide groups is 1. The summed E-state index contributed by atoms with van der Waals surface area (Å²) in [5, 5.41) is 22.4. The number of aromatic nitrogens is 1. The van der Waals surface area contributed by atoms with Crippen molar-refractivity contribution < 1.29 is 28.9 Å². The van der Waals surface area contributed by atoms with Crippen LogP contribution in [0.2, 0.25) is 0 Å². The van der Waals surface area contributed by atoms with Crippen molar-refractivity contribution in [3.05, 3.63) is 160 Å². The van der Waals surface area contributed by atoms with Gasteiger partial charge in [-0.15, -0.1) is 0 Å². The topological polar surface area (TPSA) is 103 Å². The van der Waals surface area contributed by atoms with Crippen LogP contribution in [0.25, 0.3) is 11.1 Å². The average molecular weight is 645 g/mol. The molecule has 0 unspecified atom stereocenters. The van der Waals surface area contributed by atoms with E-state index in [2.05, 4.69) is 0 Å². The minimum absolute atomic E-state index is 0.0309. The van der Waals surface area contributed by atoms with Gasteiger partial charge in [0.1, 0.15) is 0 Å². The van der Waals surface area contributed by atoms with Gasteiger partial charge in [-0.3, -0.25) is 14.5 Å². The minimum Gasteiger partial charge on any atom is -0.618 e. The van der Waals surface area contributed by atoms with E-state index >= 15 is 0 Å². The second-order valence-electron chi connectivity index (χ2n) is 11.5. The zero-order chi connectivity index (χ0) is 32.3. The molecule has 4 aromatic carbocycles. The molecule has 2 aliphatic heterocycles. The van der Waals surface area contributed by atoms with E-state index in [0.717, 1.165) is 38.1 Å². The fourth-order valence-electron chi connectivity index (χ4n) is 6.04. The summed E-state index contributed by atoms with van der Waals surface area (Å²) in [7, 11) is 0. The Morgan fingerprint density at radius 1 is 0.766 bits per heavy atom. The standard InChI is InChI=1S/C38H32N2O6S/c41-23-25-12-14-27(15-13-25)34-21-30(24-47-35-11-5-6-20-40(35)44)45-38(46-34)28-18-16-26(17-19-28)31-8-2-1-7-29(31)22-39-36(42)32-9-3-4-10-33(32)37(39)43/h1-20,30,34,38,41H,21-24H2/t30-,34+,38+/m0/s1. The molecule has 1 fully saturated rings. The lowest BCUT2D eigenvalue weighted by Crippen LogP contribution is -2.32. The van der Waals surface area contributed by atoms with Gasteiger partial charge in [0.2, 0.25) is 0 Å². The molecule has 3 heterocycles. The molecule has 236 valence electrons. The number of ether oxygens (including phenoxy) is 2. The zero-order valence-corrected chi connectivity index (χ0v) is 26.2. The Morgan fingerprint density at radius 3 is 2.09 bits per heavy atom. The molecular weight excluding hydrogens is 612 g/mol. The number of hydrogen-bond acceptors (Lipinski definition) is 7. The molecule has 1 saturated heterocycles. The largest absolute Gasteiger partial charge is 0.618 e. The number of fused-ring (bicyclic) bond motifs is 1. The number of hydrogen-bond donors (Lipinski definition) is 1. The highest BCUT2D eigenvalue weighted by molar-refractivity contribution is 7.99. The molecule has 1 aromatic heterocycles. The molecule has 0 radical (unpaired) electrons. The van der Waals surface area contributed by atoms with E-state index in [0.29, 0.717) is 28.3 Å². The Bertz CT molecular complexity index is 1880. The molecule has 2 amide bonds. The summed E-state index contributed by atoms with van der Waals surface area (Å²) in [5.41, 5.74) is 6.24. The van der Waals surface area contributed by atoms with Crippen LogP contribution in [0.3, 0.4) is 0 Å². The van der Waals surface area contributed by atoms with Crippen molar-refractivity contribution in [3.8, 4) is 11.1 Å². The predicted octanol–water partition coefficient (Wildman–Crippen LogP) is 6.61. The van der Waals surface area contributed by atoms with E-state index in [1.165, 1.54) is 22.9 Å². The first-order valence-corrected chi connectivity index (χ1v) is 16.4. The molecule has 2 aliphatic rings. The van der Waals surface area contributed by atoms with Gasteiger partial charge in [-0.25, -0.2) is 0 Å². The summed E-state index contributed by atoms with van der Waals surface area (Å²) in [6.07, 6.45) is 1.01.